The summed E-state index contributed by atoms with van der Waals surface area (Å²) in [6.07, 6.45) is 2.00. The lowest BCUT2D eigenvalue weighted by Crippen LogP contribution is -2.44. The average molecular weight is 426 g/mol. The Morgan fingerprint density at radius 2 is 1.77 bits per heavy atom. The zero-order valence-corrected chi connectivity index (χ0v) is 18.5. The molecule has 2 aromatic carbocycles. The van der Waals surface area contributed by atoms with Crippen molar-refractivity contribution in [3.05, 3.63) is 64.8 Å². The molecule has 1 fully saturated rings. The topological polar surface area (TPSA) is 37.7 Å². The Bertz CT molecular complexity index is 1040. The molecule has 5 nitrogen and oxygen atoms in total. The molecule has 0 bridgehead atoms. The lowest BCUT2D eigenvalue weighted by atomic mass is 10.0. The smallest absolute Gasteiger partial charge is 0.256 e. The van der Waals surface area contributed by atoms with Crippen LogP contribution in [0.5, 0.6) is 5.75 Å². The monoisotopic (exact) mass is 425 g/mol. The van der Waals surface area contributed by atoms with Crippen molar-refractivity contribution in [2.45, 2.75) is 25.5 Å². The molecule has 6 heteroatoms. The van der Waals surface area contributed by atoms with Gasteiger partial charge in [0.2, 0.25) is 0 Å². The van der Waals surface area contributed by atoms with Crippen LogP contribution in [0.4, 0.5) is 0 Å². The summed E-state index contributed by atoms with van der Waals surface area (Å²) >= 11 is 5.98. The maximum Gasteiger partial charge on any atom is 0.256 e. The van der Waals surface area contributed by atoms with Crippen molar-refractivity contribution in [1.82, 2.24) is 14.4 Å². The fourth-order valence-electron chi connectivity index (χ4n) is 4.26. The Balaban J connectivity index is 1.66. The van der Waals surface area contributed by atoms with E-state index >= 15 is 0 Å². The molecule has 1 amide bonds. The molecular formula is C24H28ClN3O2. The number of rotatable bonds is 5. The number of aromatic nitrogens is 1. The molecule has 158 valence electrons. The number of amides is 1. The number of nitrogens with zero attached hydrogens (tertiary/aromatic N) is 3. The first-order valence-corrected chi connectivity index (χ1v) is 10.7. The first kappa shape index (κ1) is 20.8. The Morgan fingerprint density at radius 1 is 1.10 bits per heavy atom. The molecule has 0 radical (unpaired) electrons. The molecule has 1 aliphatic rings. The molecule has 0 aliphatic carbocycles. The van der Waals surface area contributed by atoms with Gasteiger partial charge in [-0.25, -0.2) is 0 Å². The summed E-state index contributed by atoms with van der Waals surface area (Å²) in [5, 5.41) is 1.64. The van der Waals surface area contributed by atoms with Crippen LogP contribution in [0.25, 0.3) is 10.9 Å². The number of hydrogen-bond acceptors (Lipinski definition) is 3. The maximum atomic E-state index is 13.7. The first-order valence-electron chi connectivity index (χ1n) is 10.4. The van der Waals surface area contributed by atoms with Gasteiger partial charge in [-0.1, -0.05) is 29.8 Å². The maximum absolute atomic E-state index is 13.7. The van der Waals surface area contributed by atoms with Crippen LogP contribution in [0.3, 0.4) is 0 Å². The molecule has 2 heterocycles. The number of ether oxygens (including phenoxy) is 1. The predicted octanol–water partition coefficient (Wildman–Crippen LogP) is 4.58. The van der Waals surface area contributed by atoms with Gasteiger partial charge in [-0.2, -0.15) is 0 Å². The van der Waals surface area contributed by atoms with Gasteiger partial charge < -0.3 is 19.1 Å². The molecule has 0 saturated carbocycles. The Kier molecular flexibility index (Phi) is 6.02. The van der Waals surface area contributed by atoms with E-state index in [9.17, 15) is 4.79 Å². The van der Waals surface area contributed by atoms with E-state index in [2.05, 4.69) is 16.5 Å². The molecule has 0 atom stereocenters. The SMILES string of the molecule is CN1CCC(N(C)C(=O)c2c(COc3ccc(Cl)cc3)n(C)c3ccccc23)CC1. The number of carbonyl (C=O) groups is 1. The van der Waals surface area contributed by atoms with Crippen molar-refractivity contribution in [3.63, 3.8) is 0 Å². The summed E-state index contributed by atoms with van der Waals surface area (Å²) in [7, 11) is 6.06. The van der Waals surface area contributed by atoms with E-state index in [1.165, 1.54) is 0 Å². The lowest BCUT2D eigenvalue weighted by molar-refractivity contribution is 0.0658. The number of hydrogen-bond donors (Lipinski definition) is 0. The lowest BCUT2D eigenvalue weighted by Gasteiger charge is -2.35. The van der Waals surface area contributed by atoms with Gasteiger partial charge in [-0.3, -0.25) is 4.79 Å². The van der Waals surface area contributed by atoms with E-state index in [4.69, 9.17) is 16.3 Å². The Hall–Kier alpha value is -2.50. The van der Waals surface area contributed by atoms with E-state index in [-0.39, 0.29) is 11.9 Å². The standard InChI is InChI=1S/C24H28ClN3O2/c1-26-14-12-18(13-15-26)27(2)24(29)23-20-6-4-5-7-21(20)28(3)22(23)16-30-19-10-8-17(25)9-11-19/h4-11,18H,12-16H2,1-3H3. The van der Waals surface area contributed by atoms with Crippen LogP contribution in [-0.4, -0.2) is 53.5 Å². The molecule has 1 aliphatic heterocycles. The number of piperidine rings is 1. The third-order valence-corrected chi connectivity index (χ3v) is 6.44. The van der Waals surface area contributed by atoms with Gasteiger partial charge >= 0.3 is 0 Å². The van der Waals surface area contributed by atoms with Crippen LogP contribution in [0.2, 0.25) is 5.02 Å². The average Bonchev–Trinajstić information content (AvgIpc) is 3.05. The van der Waals surface area contributed by atoms with Gasteiger partial charge in [0.1, 0.15) is 12.4 Å². The second-order valence-electron chi connectivity index (χ2n) is 8.09. The van der Waals surface area contributed by atoms with Crippen LogP contribution in [0, 0.1) is 0 Å². The van der Waals surface area contributed by atoms with Gasteiger partial charge in [-0.15, -0.1) is 0 Å². The quantitative estimate of drug-likeness (QED) is 0.600. The van der Waals surface area contributed by atoms with Crippen LogP contribution in [0.1, 0.15) is 28.9 Å². The van der Waals surface area contributed by atoms with Crippen LogP contribution >= 0.6 is 11.6 Å². The summed E-state index contributed by atoms with van der Waals surface area (Å²) < 4.78 is 8.10. The summed E-state index contributed by atoms with van der Waals surface area (Å²) in [6, 6.07) is 15.6. The highest BCUT2D eigenvalue weighted by Gasteiger charge is 2.29. The van der Waals surface area contributed by atoms with Crippen molar-refractivity contribution in [3.8, 4) is 5.75 Å². The molecule has 3 aromatic rings. The predicted molar refractivity (Wildman–Crippen MR) is 121 cm³/mol. The van der Waals surface area contributed by atoms with E-state index in [1.807, 2.05) is 55.4 Å². The number of halogens is 1. The van der Waals surface area contributed by atoms with Crippen molar-refractivity contribution >= 4 is 28.4 Å². The third kappa shape index (κ3) is 4.05. The Morgan fingerprint density at radius 3 is 2.47 bits per heavy atom. The molecule has 0 N–H and O–H groups in total. The molecule has 0 unspecified atom stereocenters. The zero-order valence-electron chi connectivity index (χ0n) is 17.8. The highest BCUT2D eigenvalue weighted by molar-refractivity contribution is 6.30. The molecule has 0 spiro atoms. The second-order valence-corrected chi connectivity index (χ2v) is 8.53. The minimum absolute atomic E-state index is 0.0658. The van der Waals surface area contributed by atoms with Crippen LogP contribution in [0.15, 0.2) is 48.5 Å². The van der Waals surface area contributed by atoms with Crippen molar-refractivity contribution in [2.24, 2.45) is 7.05 Å². The first-order chi connectivity index (χ1) is 14.5. The molecule has 1 aromatic heterocycles. The summed E-state index contributed by atoms with van der Waals surface area (Å²) in [5.74, 6) is 0.794. The van der Waals surface area contributed by atoms with Crippen molar-refractivity contribution < 1.29 is 9.53 Å². The zero-order chi connectivity index (χ0) is 21.3. The van der Waals surface area contributed by atoms with Gasteiger partial charge in [0.15, 0.2) is 0 Å². The number of likely N-dealkylation sites (tertiary alicyclic amines) is 1. The third-order valence-electron chi connectivity index (χ3n) is 6.19. The molecule has 30 heavy (non-hydrogen) atoms. The van der Waals surface area contributed by atoms with E-state index in [0.717, 1.165) is 53.8 Å². The van der Waals surface area contributed by atoms with Gasteiger partial charge in [-0.05, 0) is 63.3 Å². The number of fused-ring (bicyclic) bond motifs is 1. The minimum atomic E-state index is 0.0658. The fraction of sp³-hybridized carbons (Fsp3) is 0.375. The highest BCUT2D eigenvalue weighted by atomic mass is 35.5. The van der Waals surface area contributed by atoms with Gasteiger partial charge in [0, 0.05) is 36.1 Å². The molecular weight excluding hydrogens is 398 g/mol. The summed E-state index contributed by atoms with van der Waals surface area (Å²) in [6.45, 7) is 2.35. The van der Waals surface area contributed by atoms with Gasteiger partial charge in [0.25, 0.3) is 5.91 Å². The van der Waals surface area contributed by atoms with Crippen molar-refractivity contribution in [2.75, 3.05) is 27.2 Å². The number of aryl methyl sites for hydroxylation is 1. The second kappa shape index (κ2) is 8.70. The van der Waals surface area contributed by atoms with E-state index < -0.39 is 0 Å². The Labute approximate surface area is 182 Å². The minimum Gasteiger partial charge on any atom is -0.487 e. The summed E-state index contributed by atoms with van der Waals surface area (Å²) in [4.78, 5) is 17.9. The number of benzene rings is 2. The fourth-order valence-corrected chi connectivity index (χ4v) is 4.39. The highest BCUT2D eigenvalue weighted by Crippen LogP contribution is 2.29. The van der Waals surface area contributed by atoms with E-state index in [0.29, 0.717) is 11.6 Å². The van der Waals surface area contributed by atoms with Crippen molar-refractivity contribution in [1.29, 1.82) is 0 Å². The largest absolute Gasteiger partial charge is 0.487 e. The normalized spacial score (nSPS) is 15.5. The van der Waals surface area contributed by atoms with Crippen LogP contribution in [-0.2, 0) is 13.7 Å². The molecule has 1 saturated heterocycles. The summed E-state index contributed by atoms with van der Waals surface area (Å²) in [5.41, 5.74) is 2.66. The number of carbonyl (C=O) groups excluding carboxylic acids is 1. The number of para-hydroxylation sites is 1. The van der Waals surface area contributed by atoms with E-state index in [1.54, 1.807) is 12.1 Å². The van der Waals surface area contributed by atoms with Crippen LogP contribution < -0.4 is 4.74 Å². The van der Waals surface area contributed by atoms with Gasteiger partial charge in [0.05, 0.1) is 11.3 Å². The molecule has 4 rings (SSSR count).